The number of fused-ring (bicyclic) bond motifs is 1. The minimum atomic E-state index is 0.741. The van der Waals surface area contributed by atoms with Gasteiger partial charge in [0, 0.05) is 52.0 Å². The van der Waals surface area contributed by atoms with Gasteiger partial charge in [0.05, 0.1) is 5.69 Å². The van der Waals surface area contributed by atoms with Crippen LogP contribution in [0.1, 0.15) is 31.5 Å². The van der Waals surface area contributed by atoms with Crippen LogP contribution in [-0.4, -0.2) is 71.5 Å². The maximum absolute atomic E-state index is 4.76. The molecule has 1 N–H and O–H groups in total. The number of aliphatic imine (C=N–C) groups is 1. The van der Waals surface area contributed by atoms with Gasteiger partial charge < -0.3 is 19.5 Å². The Hall–Kier alpha value is -2.08. The van der Waals surface area contributed by atoms with Crippen molar-refractivity contribution in [3.8, 4) is 0 Å². The number of aryl methyl sites for hydroxylation is 1. The molecule has 1 unspecified atom stereocenters. The first-order valence-electron chi connectivity index (χ1n) is 10.3. The van der Waals surface area contributed by atoms with Crippen LogP contribution < -0.4 is 5.32 Å². The molecule has 0 amide bonds. The molecule has 0 aromatic carbocycles. The third-order valence-corrected chi connectivity index (χ3v) is 5.60. The van der Waals surface area contributed by atoms with Gasteiger partial charge in [-0.15, -0.1) is 0 Å². The van der Waals surface area contributed by atoms with Crippen molar-refractivity contribution in [2.45, 2.75) is 33.6 Å². The number of rotatable bonds is 7. The van der Waals surface area contributed by atoms with Crippen molar-refractivity contribution in [3.05, 3.63) is 35.8 Å². The van der Waals surface area contributed by atoms with E-state index in [1.807, 2.05) is 7.05 Å². The Bertz CT molecular complexity index is 761. The molecule has 0 aliphatic carbocycles. The van der Waals surface area contributed by atoms with Crippen LogP contribution in [0.5, 0.6) is 0 Å². The first-order chi connectivity index (χ1) is 13.1. The summed E-state index contributed by atoms with van der Waals surface area (Å²) in [5.41, 5.74) is 3.38. The molecule has 1 aliphatic rings. The van der Waals surface area contributed by atoms with Crippen LogP contribution in [-0.2, 0) is 6.42 Å². The van der Waals surface area contributed by atoms with Gasteiger partial charge in [0.2, 0.25) is 0 Å². The number of nitrogens with one attached hydrogen (secondary N) is 1. The van der Waals surface area contributed by atoms with Gasteiger partial charge in [0.15, 0.2) is 5.96 Å². The first kappa shape index (κ1) is 19.7. The summed E-state index contributed by atoms with van der Waals surface area (Å²) in [7, 11) is 1.88. The second-order valence-corrected chi connectivity index (χ2v) is 7.46. The number of pyridine rings is 1. The second-order valence-electron chi connectivity index (χ2n) is 7.46. The van der Waals surface area contributed by atoms with Gasteiger partial charge in [0.25, 0.3) is 0 Å². The zero-order valence-electron chi connectivity index (χ0n) is 17.3. The highest BCUT2D eigenvalue weighted by Gasteiger charge is 2.25. The lowest BCUT2D eigenvalue weighted by Crippen LogP contribution is -2.41. The molecule has 0 saturated carbocycles. The van der Waals surface area contributed by atoms with Crippen LogP contribution in [0.15, 0.2) is 29.5 Å². The molecule has 0 radical (unpaired) electrons. The highest BCUT2D eigenvalue weighted by molar-refractivity contribution is 5.80. The topological polar surface area (TPSA) is 48.2 Å². The minimum absolute atomic E-state index is 0.741. The van der Waals surface area contributed by atoms with Crippen molar-refractivity contribution in [2.24, 2.45) is 10.9 Å². The molecule has 6 heteroatoms. The molecule has 1 saturated heterocycles. The highest BCUT2D eigenvalue weighted by Crippen LogP contribution is 2.17. The van der Waals surface area contributed by atoms with Crippen molar-refractivity contribution in [1.29, 1.82) is 0 Å². The highest BCUT2D eigenvalue weighted by atomic mass is 15.3. The standard InChI is InChI=1S/C21H34N6/c1-5-25(6-2)14-18-10-13-27(15-18)21(22-4)23-11-9-19-16-26-12-7-8-17(3)20(26)24-19/h7-8,12,16,18H,5-6,9-11,13-15H2,1-4H3,(H,22,23). The Morgan fingerprint density at radius 3 is 2.89 bits per heavy atom. The zero-order valence-corrected chi connectivity index (χ0v) is 17.3. The van der Waals surface area contributed by atoms with E-state index in [4.69, 9.17) is 4.98 Å². The van der Waals surface area contributed by atoms with Crippen LogP contribution in [0.2, 0.25) is 0 Å². The summed E-state index contributed by atoms with van der Waals surface area (Å²) < 4.78 is 2.11. The Balaban J connectivity index is 1.50. The maximum atomic E-state index is 4.76. The Kier molecular flexibility index (Phi) is 6.72. The SMILES string of the molecule is CCN(CC)CC1CCN(C(=NC)NCCc2cn3cccc(C)c3n2)C1. The predicted octanol–water partition coefficient (Wildman–Crippen LogP) is 2.42. The van der Waals surface area contributed by atoms with E-state index in [0.717, 1.165) is 62.4 Å². The first-order valence-corrected chi connectivity index (χ1v) is 10.3. The predicted molar refractivity (Wildman–Crippen MR) is 112 cm³/mol. The molecule has 0 bridgehead atoms. The number of aromatic nitrogens is 2. The van der Waals surface area contributed by atoms with Gasteiger partial charge in [0.1, 0.15) is 5.65 Å². The molecule has 148 valence electrons. The van der Waals surface area contributed by atoms with Crippen molar-refractivity contribution in [1.82, 2.24) is 24.5 Å². The van der Waals surface area contributed by atoms with Crippen molar-refractivity contribution < 1.29 is 0 Å². The Morgan fingerprint density at radius 2 is 2.19 bits per heavy atom. The summed E-state index contributed by atoms with van der Waals surface area (Å²) in [6.45, 7) is 13.1. The summed E-state index contributed by atoms with van der Waals surface area (Å²) in [6.07, 6.45) is 6.34. The third-order valence-electron chi connectivity index (χ3n) is 5.60. The summed E-state index contributed by atoms with van der Waals surface area (Å²) >= 11 is 0. The quantitative estimate of drug-likeness (QED) is 0.601. The summed E-state index contributed by atoms with van der Waals surface area (Å²) in [6, 6.07) is 4.17. The molecule has 3 heterocycles. The van der Waals surface area contributed by atoms with Crippen LogP contribution in [0.3, 0.4) is 0 Å². The number of nitrogens with zero attached hydrogens (tertiary/aromatic N) is 5. The van der Waals surface area contributed by atoms with E-state index >= 15 is 0 Å². The number of hydrogen-bond acceptors (Lipinski definition) is 3. The summed E-state index contributed by atoms with van der Waals surface area (Å²) in [5.74, 6) is 1.77. The molecule has 1 fully saturated rings. The molecule has 27 heavy (non-hydrogen) atoms. The molecular weight excluding hydrogens is 336 g/mol. The zero-order chi connectivity index (χ0) is 19.2. The largest absolute Gasteiger partial charge is 0.356 e. The Morgan fingerprint density at radius 1 is 1.37 bits per heavy atom. The number of imidazole rings is 1. The van der Waals surface area contributed by atoms with Gasteiger partial charge in [-0.1, -0.05) is 19.9 Å². The number of guanidine groups is 1. The molecule has 3 rings (SSSR count). The lowest BCUT2D eigenvalue weighted by molar-refractivity contribution is 0.255. The summed E-state index contributed by atoms with van der Waals surface area (Å²) in [4.78, 5) is 14.2. The summed E-state index contributed by atoms with van der Waals surface area (Å²) in [5, 5.41) is 3.53. The van der Waals surface area contributed by atoms with Crippen molar-refractivity contribution >= 4 is 11.6 Å². The smallest absolute Gasteiger partial charge is 0.193 e. The number of hydrogen-bond donors (Lipinski definition) is 1. The van der Waals surface area contributed by atoms with Crippen LogP contribution in [0.25, 0.3) is 5.65 Å². The average molecular weight is 371 g/mol. The van der Waals surface area contributed by atoms with E-state index in [2.05, 4.69) is 69.8 Å². The average Bonchev–Trinajstić information content (AvgIpc) is 3.31. The fourth-order valence-corrected chi connectivity index (χ4v) is 3.98. The van der Waals surface area contributed by atoms with Gasteiger partial charge >= 0.3 is 0 Å². The monoisotopic (exact) mass is 370 g/mol. The fourth-order valence-electron chi connectivity index (χ4n) is 3.98. The third kappa shape index (κ3) is 4.80. The van der Waals surface area contributed by atoms with Gasteiger partial charge in [-0.3, -0.25) is 4.99 Å². The van der Waals surface area contributed by atoms with Crippen LogP contribution in [0, 0.1) is 12.8 Å². The van der Waals surface area contributed by atoms with Crippen molar-refractivity contribution in [3.63, 3.8) is 0 Å². The van der Waals surface area contributed by atoms with Gasteiger partial charge in [-0.25, -0.2) is 4.98 Å². The molecule has 0 spiro atoms. The molecule has 1 aliphatic heterocycles. The van der Waals surface area contributed by atoms with Crippen LogP contribution in [0.4, 0.5) is 0 Å². The van der Waals surface area contributed by atoms with E-state index in [0.29, 0.717) is 0 Å². The van der Waals surface area contributed by atoms with E-state index in [-0.39, 0.29) is 0 Å². The van der Waals surface area contributed by atoms with E-state index < -0.39 is 0 Å². The van der Waals surface area contributed by atoms with Gasteiger partial charge in [-0.05, 0) is 44.0 Å². The Labute approximate surface area is 163 Å². The molecule has 2 aromatic heterocycles. The molecule has 6 nitrogen and oxygen atoms in total. The lowest BCUT2D eigenvalue weighted by atomic mass is 10.1. The maximum Gasteiger partial charge on any atom is 0.193 e. The molecular formula is C21H34N6. The van der Waals surface area contributed by atoms with Crippen LogP contribution >= 0.6 is 0 Å². The molecule has 1 atom stereocenters. The van der Waals surface area contributed by atoms with E-state index in [9.17, 15) is 0 Å². The second kappa shape index (κ2) is 9.22. The van der Waals surface area contributed by atoms with E-state index in [1.165, 1.54) is 18.5 Å². The fraction of sp³-hybridized carbons (Fsp3) is 0.619. The van der Waals surface area contributed by atoms with Crippen molar-refractivity contribution in [2.75, 3.05) is 46.3 Å². The number of likely N-dealkylation sites (tertiary alicyclic amines) is 1. The van der Waals surface area contributed by atoms with E-state index in [1.54, 1.807) is 0 Å². The minimum Gasteiger partial charge on any atom is -0.356 e. The molecule has 2 aromatic rings. The normalized spacial score (nSPS) is 18.0. The lowest BCUT2D eigenvalue weighted by Gasteiger charge is -2.24. The van der Waals surface area contributed by atoms with Gasteiger partial charge in [-0.2, -0.15) is 0 Å².